The molecule has 2 rings (SSSR count). The Morgan fingerprint density at radius 2 is 2.36 bits per heavy atom. The van der Waals surface area contributed by atoms with Crippen LogP contribution in [0.4, 0.5) is 0 Å². The van der Waals surface area contributed by atoms with Crippen LogP contribution in [0.3, 0.4) is 0 Å². The van der Waals surface area contributed by atoms with E-state index >= 15 is 0 Å². The molecule has 0 saturated carbocycles. The number of pyridine rings is 1. The molecule has 0 aliphatic heterocycles. The third-order valence-corrected chi connectivity index (χ3v) is 2.86. The summed E-state index contributed by atoms with van der Waals surface area (Å²) in [5, 5.41) is 4.13. The van der Waals surface area contributed by atoms with Crippen LogP contribution in [0.25, 0.3) is 10.6 Å². The van der Waals surface area contributed by atoms with Gasteiger partial charge in [0.15, 0.2) is 0 Å². The maximum atomic E-state index is 4.34. The molecule has 1 N–H and O–H groups in total. The van der Waals surface area contributed by atoms with Gasteiger partial charge < -0.3 is 5.32 Å². The first-order valence-corrected chi connectivity index (χ1v) is 5.21. The van der Waals surface area contributed by atoms with Gasteiger partial charge in [-0.3, -0.25) is 4.98 Å². The highest BCUT2D eigenvalue weighted by atomic mass is 32.1. The molecule has 2 aromatic heterocycles. The average Bonchev–Trinajstić information content (AvgIpc) is 2.68. The Bertz CT molecular complexity index is 397. The van der Waals surface area contributed by atoms with Crippen molar-refractivity contribution in [3.8, 4) is 10.6 Å². The topological polar surface area (TPSA) is 37.8 Å². The molecule has 4 heteroatoms. The number of nitrogens with one attached hydrogen (secondary N) is 1. The highest BCUT2D eigenvalue weighted by molar-refractivity contribution is 7.15. The largest absolute Gasteiger partial charge is 0.315 e. The first-order chi connectivity index (χ1) is 6.90. The summed E-state index contributed by atoms with van der Waals surface area (Å²) in [5.41, 5.74) is 1.08. The van der Waals surface area contributed by atoms with Crippen LogP contribution >= 0.6 is 11.3 Å². The molecule has 0 amide bonds. The molecule has 0 spiro atoms. The SMILES string of the molecule is CNCc1cnc(-c2cccnc2)s1. The number of thiazole rings is 1. The van der Waals surface area contributed by atoms with Crippen molar-refractivity contribution in [2.75, 3.05) is 7.05 Å². The van der Waals surface area contributed by atoms with Crippen molar-refractivity contribution >= 4 is 11.3 Å². The Labute approximate surface area is 86.8 Å². The minimum absolute atomic E-state index is 0.873. The molecular formula is C10H11N3S. The van der Waals surface area contributed by atoms with Gasteiger partial charge in [0.25, 0.3) is 0 Å². The molecule has 0 bridgehead atoms. The molecule has 72 valence electrons. The molecule has 0 atom stereocenters. The van der Waals surface area contributed by atoms with Crippen molar-refractivity contribution in [1.29, 1.82) is 0 Å². The monoisotopic (exact) mass is 205 g/mol. The lowest BCUT2D eigenvalue weighted by Gasteiger charge is -1.93. The summed E-state index contributed by atoms with van der Waals surface area (Å²) >= 11 is 1.70. The van der Waals surface area contributed by atoms with Crippen LogP contribution in [-0.4, -0.2) is 17.0 Å². The molecule has 0 aliphatic carbocycles. The van der Waals surface area contributed by atoms with Crippen LogP contribution in [0.2, 0.25) is 0 Å². The summed E-state index contributed by atoms with van der Waals surface area (Å²) in [7, 11) is 1.93. The van der Waals surface area contributed by atoms with Gasteiger partial charge in [0.1, 0.15) is 5.01 Å². The second kappa shape index (κ2) is 4.30. The van der Waals surface area contributed by atoms with Gasteiger partial charge in [-0.05, 0) is 19.2 Å². The van der Waals surface area contributed by atoms with Crippen LogP contribution in [0.1, 0.15) is 4.88 Å². The predicted octanol–water partition coefficient (Wildman–Crippen LogP) is 1.92. The summed E-state index contributed by atoms with van der Waals surface area (Å²) in [6.07, 6.45) is 5.51. The molecule has 14 heavy (non-hydrogen) atoms. The van der Waals surface area contributed by atoms with E-state index in [-0.39, 0.29) is 0 Å². The van der Waals surface area contributed by atoms with Gasteiger partial charge in [-0.1, -0.05) is 0 Å². The maximum absolute atomic E-state index is 4.34. The molecule has 0 saturated heterocycles. The highest BCUT2D eigenvalue weighted by Crippen LogP contribution is 2.23. The summed E-state index contributed by atoms with van der Waals surface area (Å²) in [6, 6.07) is 3.95. The minimum Gasteiger partial charge on any atom is -0.315 e. The average molecular weight is 205 g/mol. The zero-order chi connectivity index (χ0) is 9.80. The van der Waals surface area contributed by atoms with Gasteiger partial charge in [0.2, 0.25) is 0 Å². The van der Waals surface area contributed by atoms with E-state index in [9.17, 15) is 0 Å². The van der Waals surface area contributed by atoms with Crippen LogP contribution in [0.5, 0.6) is 0 Å². The summed E-state index contributed by atoms with van der Waals surface area (Å²) in [6.45, 7) is 0.873. The van der Waals surface area contributed by atoms with Crippen LogP contribution < -0.4 is 5.32 Å². The van der Waals surface area contributed by atoms with Gasteiger partial charge in [-0.25, -0.2) is 4.98 Å². The van der Waals surface area contributed by atoms with E-state index in [1.165, 1.54) is 4.88 Å². The zero-order valence-corrected chi connectivity index (χ0v) is 8.71. The number of rotatable bonds is 3. The Morgan fingerprint density at radius 3 is 3.07 bits per heavy atom. The molecule has 0 radical (unpaired) electrons. The minimum atomic E-state index is 0.873. The fourth-order valence-corrected chi connectivity index (χ4v) is 2.10. The van der Waals surface area contributed by atoms with E-state index in [2.05, 4.69) is 15.3 Å². The van der Waals surface area contributed by atoms with Crippen molar-refractivity contribution in [3.63, 3.8) is 0 Å². The molecular weight excluding hydrogens is 194 g/mol. The van der Waals surface area contributed by atoms with Gasteiger partial charge >= 0.3 is 0 Å². The van der Waals surface area contributed by atoms with Gasteiger partial charge in [0, 0.05) is 35.6 Å². The van der Waals surface area contributed by atoms with E-state index in [4.69, 9.17) is 0 Å². The third kappa shape index (κ3) is 1.97. The van der Waals surface area contributed by atoms with Crippen LogP contribution in [-0.2, 0) is 6.54 Å². The van der Waals surface area contributed by atoms with Crippen molar-refractivity contribution in [1.82, 2.24) is 15.3 Å². The maximum Gasteiger partial charge on any atom is 0.125 e. The number of hydrogen-bond acceptors (Lipinski definition) is 4. The Morgan fingerprint density at radius 1 is 1.43 bits per heavy atom. The fourth-order valence-electron chi connectivity index (χ4n) is 1.19. The Hall–Kier alpha value is -1.26. The predicted molar refractivity (Wildman–Crippen MR) is 58.1 cm³/mol. The second-order valence-corrected chi connectivity index (χ2v) is 4.02. The van der Waals surface area contributed by atoms with Crippen molar-refractivity contribution in [2.24, 2.45) is 0 Å². The van der Waals surface area contributed by atoms with Crippen LogP contribution in [0, 0.1) is 0 Å². The van der Waals surface area contributed by atoms with E-state index < -0.39 is 0 Å². The Balaban J connectivity index is 2.25. The standard InChI is InChI=1S/C10H11N3S/c1-11-6-9-7-13-10(14-9)8-3-2-4-12-5-8/h2-5,7,11H,6H2,1H3. The molecule has 2 aromatic rings. The van der Waals surface area contributed by atoms with Crippen molar-refractivity contribution in [2.45, 2.75) is 6.54 Å². The molecule has 0 unspecified atom stereocenters. The van der Waals surface area contributed by atoms with Gasteiger partial charge in [-0.2, -0.15) is 0 Å². The summed E-state index contributed by atoms with van der Waals surface area (Å²) < 4.78 is 0. The molecule has 3 nitrogen and oxygen atoms in total. The number of aromatic nitrogens is 2. The van der Waals surface area contributed by atoms with Crippen molar-refractivity contribution in [3.05, 3.63) is 35.6 Å². The Kier molecular flexibility index (Phi) is 2.86. The third-order valence-electron chi connectivity index (χ3n) is 1.81. The summed E-state index contributed by atoms with van der Waals surface area (Å²) in [5.74, 6) is 0. The van der Waals surface area contributed by atoms with E-state index in [1.54, 1.807) is 17.5 Å². The van der Waals surface area contributed by atoms with Gasteiger partial charge in [0.05, 0.1) is 0 Å². The van der Waals surface area contributed by atoms with E-state index in [1.807, 2.05) is 31.6 Å². The zero-order valence-electron chi connectivity index (χ0n) is 7.90. The van der Waals surface area contributed by atoms with E-state index in [0.29, 0.717) is 0 Å². The quantitative estimate of drug-likeness (QED) is 0.832. The lowest BCUT2D eigenvalue weighted by atomic mass is 10.3. The lowest BCUT2D eigenvalue weighted by Crippen LogP contribution is -2.02. The first-order valence-electron chi connectivity index (χ1n) is 4.40. The molecule has 0 fully saturated rings. The van der Waals surface area contributed by atoms with Crippen molar-refractivity contribution < 1.29 is 0 Å². The molecule has 0 aliphatic rings. The molecule has 2 heterocycles. The van der Waals surface area contributed by atoms with Gasteiger partial charge in [-0.15, -0.1) is 11.3 Å². The van der Waals surface area contributed by atoms with E-state index in [0.717, 1.165) is 17.1 Å². The lowest BCUT2D eigenvalue weighted by molar-refractivity contribution is 0.829. The second-order valence-electron chi connectivity index (χ2n) is 2.90. The fraction of sp³-hybridized carbons (Fsp3) is 0.200. The summed E-state index contributed by atoms with van der Waals surface area (Å²) in [4.78, 5) is 9.65. The molecule has 0 aromatic carbocycles. The highest BCUT2D eigenvalue weighted by Gasteiger charge is 2.03. The normalized spacial score (nSPS) is 10.4. The van der Waals surface area contributed by atoms with Crippen LogP contribution in [0.15, 0.2) is 30.7 Å². The first kappa shape index (κ1) is 9.30. The number of hydrogen-bond donors (Lipinski definition) is 1. The number of nitrogens with zero attached hydrogens (tertiary/aromatic N) is 2. The smallest absolute Gasteiger partial charge is 0.125 e.